The van der Waals surface area contributed by atoms with Crippen LogP contribution in [-0.4, -0.2) is 22.7 Å². The van der Waals surface area contributed by atoms with Crippen LogP contribution in [0.25, 0.3) is 0 Å². The topological polar surface area (TPSA) is 54.2 Å². The van der Waals surface area contributed by atoms with E-state index in [1.807, 2.05) is 0 Å². The van der Waals surface area contributed by atoms with Crippen molar-refractivity contribution in [3.05, 3.63) is 41.5 Å². The summed E-state index contributed by atoms with van der Waals surface area (Å²) >= 11 is 0. The van der Waals surface area contributed by atoms with Crippen LogP contribution in [0, 0.1) is 0 Å². The fraction of sp³-hybridized carbons (Fsp3) is 0.500. The predicted octanol–water partition coefficient (Wildman–Crippen LogP) is 2.45. The van der Waals surface area contributed by atoms with Gasteiger partial charge < -0.3 is 14.7 Å². The first-order valence-electron chi connectivity index (χ1n) is 7.68. The van der Waals surface area contributed by atoms with Gasteiger partial charge in [-0.05, 0) is 31.4 Å². The third-order valence-electron chi connectivity index (χ3n) is 4.21. The van der Waals surface area contributed by atoms with Gasteiger partial charge in [0.25, 0.3) is 0 Å². The second-order valence-electron chi connectivity index (χ2n) is 6.11. The number of nitrogens with zero attached hydrogens (tertiary/aromatic N) is 3. The molecule has 1 N–H and O–H groups in total. The molecule has 1 aromatic carbocycles. The lowest BCUT2D eigenvalue weighted by atomic mass is 10.1. The van der Waals surface area contributed by atoms with Crippen molar-refractivity contribution in [2.75, 3.05) is 11.4 Å². The van der Waals surface area contributed by atoms with Crippen molar-refractivity contribution >= 4 is 5.69 Å². The van der Waals surface area contributed by atoms with E-state index in [0.29, 0.717) is 18.5 Å². The number of hydrogen-bond acceptors (Lipinski definition) is 5. The van der Waals surface area contributed by atoms with Crippen molar-refractivity contribution in [3.63, 3.8) is 0 Å². The zero-order chi connectivity index (χ0) is 14.2. The fourth-order valence-corrected chi connectivity index (χ4v) is 2.89. The van der Waals surface area contributed by atoms with E-state index in [1.54, 1.807) is 0 Å². The van der Waals surface area contributed by atoms with E-state index in [-0.39, 0.29) is 0 Å². The molecule has 0 bridgehead atoms. The molecule has 2 heterocycles. The van der Waals surface area contributed by atoms with Gasteiger partial charge in [0, 0.05) is 30.7 Å². The summed E-state index contributed by atoms with van der Waals surface area (Å²) in [4.78, 5) is 6.90. The highest BCUT2D eigenvalue weighted by atomic mass is 16.5. The summed E-state index contributed by atoms with van der Waals surface area (Å²) in [6.07, 6.45) is 2.38. The second-order valence-corrected chi connectivity index (χ2v) is 6.11. The molecule has 5 heteroatoms. The van der Waals surface area contributed by atoms with Crippen LogP contribution in [0.2, 0.25) is 0 Å². The highest BCUT2D eigenvalue weighted by Gasteiger charge is 2.30. The highest BCUT2D eigenvalue weighted by molar-refractivity contribution is 5.54. The van der Waals surface area contributed by atoms with Crippen molar-refractivity contribution in [2.45, 2.75) is 44.8 Å². The van der Waals surface area contributed by atoms with Gasteiger partial charge in [0.15, 0.2) is 5.82 Å². The Morgan fingerprint density at radius 1 is 1.33 bits per heavy atom. The Bertz CT molecular complexity index is 635. The summed E-state index contributed by atoms with van der Waals surface area (Å²) in [5, 5.41) is 7.70. The number of para-hydroxylation sites is 1. The third kappa shape index (κ3) is 2.65. The molecular formula is C16H20N4O. The van der Waals surface area contributed by atoms with E-state index in [1.165, 1.54) is 24.1 Å². The molecule has 4 rings (SSSR count). The summed E-state index contributed by atoms with van der Waals surface area (Å²) in [7, 11) is 0. The van der Waals surface area contributed by atoms with Crippen molar-refractivity contribution in [1.29, 1.82) is 0 Å². The van der Waals surface area contributed by atoms with Gasteiger partial charge >= 0.3 is 0 Å². The SMILES string of the molecule is CC1CN(Cc2noc(C3CC3)n2)c2ccccc2CN1. The standard InChI is InChI=1S/C16H20N4O/c1-11-9-20(14-5-3-2-4-13(14)8-17-11)10-15-18-16(21-19-15)12-6-7-12/h2-5,11-12,17H,6-10H2,1H3. The summed E-state index contributed by atoms with van der Waals surface area (Å²) in [5.74, 6) is 2.13. The number of fused-ring (bicyclic) bond motifs is 1. The predicted molar refractivity (Wildman–Crippen MR) is 80.1 cm³/mol. The normalized spacial score (nSPS) is 22.0. The molecule has 21 heavy (non-hydrogen) atoms. The van der Waals surface area contributed by atoms with Gasteiger partial charge in [0.2, 0.25) is 5.89 Å². The molecule has 110 valence electrons. The van der Waals surface area contributed by atoms with Gasteiger partial charge in [-0.25, -0.2) is 0 Å². The van der Waals surface area contributed by atoms with Gasteiger partial charge in [0.1, 0.15) is 0 Å². The molecule has 1 unspecified atom stereocenters. The molecule has 1 atom stereocenters. The Morgan fingerprint density at radius 3 is 3.05 bits per heavy atom. The Balaban J connectivity index is 1.59. The number of aromatic nitrogens is 2. The lowest BCUT2D eigenvalue weighted by Gasteiger charge is -2.24. The van der Waals surface area contributed by atoms with Crippen molar-refractivity contribution < 1.29 is 4.52 Å². The number of rotatable bonds is 3. The molecule has 1 fully saturated rings. The van der Waals surface area contributed by atoms with E-state index in [4.69, 9.17) is 4.52 Å². The van der Waals surface area contributed by atoms with E-state index in [9.17, 15) is 0 Å². The summed E-state index contributed by atoms with van der Waals surface area (Å²) in [6, 6.07) is 8.98. The smallest absolute Gasteiger partial charge is 0.229 e. The lowest BCUT2D eigenvalue weighted by Crippen LogP contribution is -2.35. The van der Waals surface area contributed by atoms with Crippen LogP contribution in [0.4, 0.5) is 5.69 Å². The number of anilines is 1. The number of benzene rings is 1. The monoisotopic (exact) mass is 284 g/mol. The molecule has 5 nitrogen and oxygen atoms in total. The second kappa shape index (κ2) is 5.15. The maximum absolute atomic E-state index is 5.37. The molecule has 2 aromatic rings. The van der Waals surface area contributed by atoms with Gasteiger partial charge in [-0.15, -0.1) is 0 Å². The first-order valence-corrected chi connectivity index (χ1v) is 7.68. The first-order chi connectivity index (χ1) is 10.3. The first kappa shape index (κ1) is 12.8. The van der Waals surface area contributed by atoms with Crippen LogP contribution in [0.5, 0.6) is 0 Å². The van der Waals surface area contributed by atoms with Crippen molar-refractivity contribution in [3.8, 4) is 0 Å². The van der Waals surface area contributed by atoms with Gasteiger partial charge in [-0.2, -0.15) is 4.98 Å². The molecule has 1 aliphatic heterocycles. The highest BCUT2D eigenvalue weighted by Crippen LogP contribution is 2.39. The van der Waals surface area contributed by atoms with E-state index in [0.717, 1.165) is 24.8 Å². The van der Waals surface area contributed by atoms with Gasteiger partial charge in [-0.1, -0.05) is 23.4 Å². The lowest BCUT2D eigenvalue weighted by molar-refractivity contribution is 0.373. The van der Waals surface area contributed by atoms with Crippen LogP contribution in [0.1, 0.15) is 43.0 Å². The van der Waals surface area contributed by atoms with E-state index < -0.39 is 0 Å². The molecule has 1 aromatic heterocycles. The Kier molecular flexibility index (Phi) is 3.15. The summed E-state index contributed by atoms with van der Waals surface area (Å²) in [6.45, 7) is 4.78. The molecule has 1 saturated carbocycles. The minimum absolute atomic E-state index is 0.437. The maximum Gasteiger partial charge on any atom is 0.229 e. The molecule has 2 aliphatic rings. The molecule has 0 radical (unpaired) electrons. The third-order valence-corrected chi connectivity index (χ3v) is 4.21. The van der Waals surface area contributed by atoms with E-state index >= 15 is 0 Å². The quantitative estimate of drug-likeness (QED) is 0.938. The molecule has 0 saturated heterocycles. The molecule has 1 aliphatic carbocycles. The minimum Gasteiger partial charge on any atom is -0.362 e. The maximum atomic E-state index is 5.37. The summed E-state index contributed by atoms with van der Waals surface area (Å²) in [5.41, 5.74) is 2.60. The Morgan fingerprint density at radius 2 is 2.19 bits per heavy atom. The largest absolute Gasteiger partial charge is 0.362 e. The number of hydrogen-bond donors (Lipinski definition) is 1. The average molecular weight is 284 g/mol. The number of nitrogens with one attached hydrogen (secondary N) is 1. The molecule has 0 amide bonds. The van der Waals surface area contributed by atoms with Crippen molar-refractivity contribution in [1.82, 2.24) is 15.5 Å². The minimum atomic E-state index is 0.437. The average Bonchev–Trinajstić information content (AvgIpc) is 3.26. The van der Waals surface area contributed by atoms with Crippen molar-refractivity contribution in [2.24, 2.45) is 0 Å². The van der Waals surface area contributed by atoms with Crippen LogP contribution >= 0.6 is 0 Å². The van der Waals surface area contributed by atoms with Crippen LogP contribution in [0.15, 0.2) is 28.8 Å². The molecular weight excluding hydrogens is 264 g/mol. The van der Waals surface area contributed by atoms with Gasteiger partial charge in [-0.3, -0.25) is 0 Å². The van der Waals surface area contributed by atoms with Crippen LogP contribution < -0.4 is 10.2 Å². The fourth-order valence-electron chi connectivity index (χ4n) is 2.89. The molecule has 0 spiro atoms. The van der Waals surface area contributed by atoms with Crippen LogP contribution in [0.3, 0.4) is 0 Å². The van der Waals surface area contributed by atoms with Gasteiger partial charge in [0.05, 0.1) is 6.54 Å². The summed E-state index contributed by atoms with van der Waals surface area (Å²) < 4.78 is 5.37. The zero-order valence-electron chi connectivity index (χ0n) is 12.2. The van der Waals surface area contributed by atoms with E-state index in [2.05, 4.69) is 51.5 Å². The Hall–Kier alpha value is -1.88. The van der Waals surface area contributed by atoms with Crippen LogP contribution in [-0.2, 0) is 13.1 Å². The zero-order valence-corrected chi connectivity index (χ0v) is 12.2. The Labute approximate surface area is 124 Å².